The number of epoxide rings is 1. The van der Waals surface area contributed by atoms with Gasteiger partial charge in [0.2, 0.25) is 0 Å². The number of amides is 2. The molecule has 0 spiro atoms. The summed E-state index contributed by atoms with van der Waals surface area (Å²) in [6.07, 6.45) is 2.67. The van der Waals surface area contributed by atoms with Crippen molar-refractivity contribution < 1.29 is 24.1 Å². The van der Waals surface area contributed by atoms with Crippen molar-refractivity contribution in [2.75, 3.05) is 30.0 Å². The van der Waals surface area contributed by atoms with Crippen LogP contribution in [0.5, 0.6) is 11.5 Å². The number of aromatic nitrogens is 3. The Morgan fingerprint density at radius 3 is 2.70 bits per heavy atom. The van der Waals surface area contributed by atoms with Crippen molar-refractivity contribution in [3.05, 3.63) is 102 Å². The summed E-state index contributed by atoms with van der Waals surface area (Å²) in [4.78, 5) is 29.1. The fraction of sp³-hybridized carbons (Fsp3) is 0.222. The average Bonchev–Trinajstić information content (AvgIpc) is 3.69. The van der Waals surface area contributed by atoms with Gasteiger partial charge in [0.05, 0.1) is 29.1 Å². The van der Waals surface area contributed by atoms with Gasteiger partial charge in [0.15, 0.2) is 17.5 Å². The van der Waals surface area contributed by atoms with Crippen molar-refractivity contribution in [3.8, 4) is 22.8 Å². The lowest BCUT2D eigenvalue weighted by molar-refractivity contribution is 0.156. The van der Waals surface area contributed by atoms with Crippen LogP contribution < -0.4 is 19.7 Å². The zero-order valence-electron chi connectivity index (χ0n) is 25.3. The molecule has 2 aliphatic rings. The maximum atomic E-state index is 13.5. The molecule has 1 saturated heterocycles. The molecule has 0 aliphatic carbocycles. The Kier molecular flexibility index (Phi) is 7.86. The number of carbonyl (C=O) groups is 1. The number of hydrogen-bond acceptors (Lipinski definition) is 9. The number of ether oxygens (including phenoxy) is 3. The molecular weight excluding hydrogens is 614 g/mol. The summed E-state index contributed by atoms with van der Waals surface area (Å²) in [6.45, 7) is 1.45. The molecule has 1 fully saturated rings. The summed E-state index contributed by atoms with van der Waals surface area (Å²) >= 11 is 1.46. The summed E-state index contributed by atoms with van der Waals surface area (Å²) < 4.78 is 18.5. The third-order valence-corrected chi connectivity index (χ3v) is 9.23. The van der Waals surface area contributed by atoms with Crippen LogP contribution in [0, 0.1) is 0 Å². The SMILES string of the molecule is O=C(Nc1nc2ccccc2s1)N1CCCc2ccc(-c3ccc(OCCCOc4cccc5cccnc45)c(C4OC4O)n3)cc21. The summed E-state index contributed by atoms with van der Waals surface area (Å²) in [5, 5.41) is 14.7. The normalized spacial score (nSPS) is 17.0. The number of anilines is 2. The van der Waals surface area contributed by atoms with Gasteiger partial charge in [0, 0.05) is 35.8 Å². The molecule has 2 amide bonds. The van der Waals surface area contributed by atoms with Crippen LogP contribution in [0.1, 0.15) is 30.2 Å². The second-order valence-electron chi connectivity index (χ2n) is 11.4. The predicted octanol–water partition coefficient (Wildman–Crippen LogP) is 7.13. The molecule has 8 rings (SSSR count). The Labute approximate surface area is 274 Å². The molecule has 0 saturated carbocycles. The molecule has 3 aromatic carbocycles. The fourth-order valence-corrected chi connectivity index (χ4v) is 6.75. The number of carbonyl (C=O) groups excluding carboxylic acids is 1. The quantitative estimate of drug-likeness (QED) is 0.126. The highest BCUT2D eigenvalue weighted by atomic mass is 32.1. The van der Waals surface area contributed by atoms with E-state index in [0.29, 0.717) is 48.4 Å². The second kappa shape index (κ2) is 12.6. The number of thiazole rings is 1. The number of hydrogen-bond donors (Lipinski definition) is 2. The zero-order chi connectivity index (χ0) is 31.7. The first kappa shape index (κ1) is 29.3. The largest absolute Gasteiger partial charge is 0.491 e. The average molecular weight is 646 g/mol. The second-order valence-corrected chi connectivity index (χ2v) is 12.5. The molecule has 6 aromatic rings. The van der Waals surface area contributed by atoms with Gasteiger partial charge in [-0.25, -0.2) is 14.8 Å². The summed E-state index contributed by atoms with van der Waals surface area (Å²) in [6, 6.07) is 27.2. The standard InChI is InChI=1S/C36H31N5O5S/c42-34-33(46-34)32-29(45-20-6-19-44-28-11-3-7-23-8-4-17-37-31(23)28)16-15-25(38-32)24-14-13-22-9-5-18-41(27(22)21-24)36(43)40-35-39-26-10-1-2-12-30(26)47-35/h1-4,7-8,10-17,21,33-34,42H,5-6,9,18-20H2,(H,39,40,43). The van der Waals surface area contributed by atoms with Gasteiger partial charge in [-0.3, -0.25) is 15.2 Å². The van der Waals surface area contributed by atoms with E-state index >= 15 is 0 Å². The third kappa shape index (κ3) is 6.08. The van der Waals surface area contributed by atoms with Gasteiger partial charge in [0.1, 0.15) is 22.7 Å². The first-order valence-corrected chi connectivity index (χ1v) is 16.4. The number of para-hydroxylation sites is 2. The lowest BCUT2D eigenvalue weighted by atomic mass is 9.98. The van der Waals surface area contributed by atoms with Gasteiger partial charge in [-0.05, 0) is 60.9 Å². The molecule has 10 nitrogen and oxygen atoms in total. The molecule has 2 unspecified atom stereocenters. The molecule has 2 N–H and O–H groups in total. The van der Waals surface area contributed by atoms with E-state index in [1.807, 2.05) is 78.9 Å². The van der Waals surface area contributed by atoms with Gasteiger partial charge < -0.3 is 19.3 Å². The Bertz CT molecular complexity index is 2060. The monoisotopic (exact) mass is 645 g/mol. The molecule has 5 heterocycles. The van der Waals surface area contributed by atoms with E-state index in [-0.39, 0.29) is 6.03 Å². The number of pyridine rings is 2. The van der Waals surface area contributed by atoms with Crippen LogP contribution >= 0.6 is 11.3 Å². The molecular formula is C36H31N5O5S. The Balaban J connectivity index is 0.967. The van der Waals surface area contributed by atoms with Crippen LogP contribution in [-0.4, -0.2) is 52.1 Å². The van der Waals surface area contributed by atoms with Crippen LogP contribution in [0.4, 0.5) is 15.6 Å². The van der Waals surface area contributed by atoms with E-state index in [9.17, 15) is 9.90 Å². The number of fused-ring (bicyclic) bond motifs is 3. The van der Waals surface area contributed by atoms with Crippen molar-refractivity contribution in [2.24, 2.45) is 0 Å². The Morgan fingerprint density at radius 2 is 1.83 bits per heavy atom. The smallest absolute Gasteiger partial charge is 0.328 e. The topological polar surface area (TPSA) is 122 Å². The van der Waals surface area contributed by atoms with E-state index in [1.54, 1.807) is 11.1 Å². The number of rotatable bonds is 9. The van der Waals surface area contributed by atoms with Crippen molar-refractivity contribution in [3.63, 3.8) is 0 Å². The number of aliphatic hydroxyl groups is 1. The molecule has 0 bridgehead atoms. The van der Waals surface area contributed by atoms with E-state index in [2.05, 4.69) is 21.4 Å². The van der Waals surface area contributed by atoms with Crippen LogP contribution in [-0.2, 0) is 11.2 Å². The summed E-state index contributed by atoms with van der Waals surface area (Å²) in [5.41, 5.74) is 5.72. The van der Waals surface area contributed by atoms with Crippen LogP contribution in [0.25, 0.3) is 32.4 Å². The maximum absolute atomic E-state index is 13.5. The van der Waals surface area contributed by atoms with Gasteiger partial charge in [0.25, 0.3) is 0 Å². The van der Waals surface area contributed by atoms with Crippen LogP contribution in [0.3, 0.4) is 0 Å². The van der Waals surface area contributed by atoms with E-state index in [0.717, 1.165) is 56.5 Å². The Morgan fingerprint density at radius 1 is 0.979 bits per heavy atom. The summed E-state index contributed by atoms with van der Waals surface area (Å²) in [5.74, 6) is 1.29. The number of aryl methyl sites for hydroxylation is 1. The van der Waals surface area contributed by atoms with Gasteiger partial charge in [-0.1, -0.05) is 53.8 Å². The van der Waals surface area contributed by atoms with Gasteiger partial charge in [-0.2, -0.15) is 0 Å². The molecule has 11 heteroatoms. The number of benzene rings is 3. The fourth-order valence-electron chi connectivity index (χ4n) is 5.90. The molecule has 0 radical (unpaired) electrons. The number of nitrogens with one attached hydrogen (secondary N) is 1. The van der Waals surface area contributed by atoms with Crippen molar-refractivity contribution in [1.29, 1.82) is 0 Å². The lowest BCUT2D eigenvalue weighted by Gasteiger charge is -2.29. The highest BCUT2D eigenvalue weighted by Gasteiger charge is 2.42. The Hall–Kier alpha value is -5.10. The minimum absolute atomic E-state index is 0.213. The minimum Gasteiger partial charge on any atom is -0.491 e. The van der Waals surface area contributed by atoms with Gasteiger partial charge >= 0.3 is 6.03 Å². The van der Waals surface area contributed by atoms with Crippen LogP contribution in [0.15, 0.2) is 91.1 Å². The van der Waals surface area contributed by atoms with E-state index in [1.165, 1.54) is 11.3 Å². The van der Waals surface area contributed by atoms with Crippen molar-refractivity contribution >= 4 is 49.3 Å². The molecule has 236 valence electrons. The van der Waals surface area contributed by atoms with E-state index < -0.39 is 12.4 Å². The highest BCUT2D eigenvalue weighted by molar-refractivity contribution is 7.22. The van der Waals surface area contributed by atoms with Crippen molar-refractivity contribution in [2.45, 2.75) is 31.7 Å². The molecule has 2 aliphatic heterocycles. The maximum Gasteiger partial charge on any atom is 0.328 e. The molecule has 3 aromatic heterocycles. The van der Waals surface area contributed by atoms with Crippen molar-refractivity contribution in [1.82, 2.24) is 15.0 Å². The first-order valence-electron chi connectivity index (χ1n) is 15.6. The predicted molar refractivity (Wildman–Crippen MR) is 181 cm³/mol. The number of nitrogens with zero attached hydrogens (tertiary/aromatic N) is 4. The zero-order valence-corrected chi connectivity index (χ0v) is 26.2. The minimum atomic E-state index is -0.924. The molecule has 47 heavy (non-hydrogen) atoms. The highest BCUT2D eigenvalue weighted by Crippen LogP contribution is 2.42. The third-order valence-electron chi connectivity index (χ3n) is 8.28. The van der Waals surface area contributed by atoms with Crippen LogP contribution in [0.2, 0.25) is 0 Å². The summed E-state index contributed by atoms with van der Waals surface area (Å²) in [7, 11) is 0. The van der Waals surface area contributed by atoms with E-state index in [4.69, 9.17) is 19.2 Å². The number of aliphatic hydroxyl groups excluding tert-OH is 1. The van der Waals surface area contributed by atoms with Gasteiger partial charge in [-0.15, -0.1) is 0 Å². The lowest BCUT2D eigenvalue weighted by Crippen LogP contribution is -2.38. The molecule has 2 atom stereocenters. The number of urea groups is 1. The first-order chi connectivity index (χ1) is 23.1.